The molecule has 0 bridgehead atoms. The van der Waals surface area contributed by atoms with Gasteiger partial charge in [-0.25, -0.2) is 8.78 Å². The van der Waals surface area contributed by atoms with Crippen molar-refractivity contribution >= 4 is 5.91 Å². The number of amides is 1. The van der Waals surface area contributed by atoms with E-state index in [0.29, 0.717) is 13.0 Å². The van der Waals surface area contributed by atoms with E-state index in [2.05, 4.69) is 5.32 Å². The van der Waals surface area contributed by atoms with Crippen LogP contribution in [0.2, 0.25) is 0 Å². The van der Waals surface area contributed by atoms with Crippen molar-refractivity contribution in [3.63, 3.8) is 0 Å². The van der Waals surface area contributed by atoms with Gasteiger partial charge < -0.3 is 10.4 Å². The van der Waals surface area contributed by atoms with Gasteiger partial charge in [0.15, 0.2) is 0 Å². The van der Waals surface area contributed by atoms with Gasteiger partial charge in [-0.3, -0.25) is 4.79 Å². The maximum Gasteiger partial charge on any atom is 0.223 e. The molecule has 0 aromatic heterocycles. The predicted octanol–water partition coefficient (Wildman–Crippen LogP) is 1.81. The molecule has 3 unspecified atom stereocenters. The first kappa shape index (κ1) is 13.9. The molecule has 3 nitrogen and oxygen atoms in total. The highest BCUT2D eigenvalue weighted by Gasteiger charge is 2.45. The summed E-state index contributed by atoms with van der Waals surface area (Å²) in [5, 5.41) is 11.6. The molecule has 1 aliphatic carbocycles. The van der Waals surface area contributed by atoms with E-state index in [9.17, 15) is 13.6 Å². The van der Waals surface area contributed by atoms with E-state index in [4.69, 9.17) is 5.11 Å². The number of hydrogen-bond donors (Lipinski definition) is 2. The fourth-order valence-electron chi connectivity index (χ4n) is 2.10. The quantitative estimate of drug-likeness (QED) is 0.856. The first-order valence-corrected chi connectivity index (χ1v) is 6.36. The summed E-state index contributed by atoms with van der Waals surface area (Å²) in [4.78, 5) is 11.8. The highest BCUT2D eigenvalue weighted by atomic mass is 19.1. The number of aliphatic hydroxyl groups excluding tert-OH is 1. The van der Waals surface area contributed by atoms with Gasteiger partial charge in [0, 0.05) is 19.1 Å². The van der Waals surface area contributed by atoms with Gasteiger partial charge >= 0.3 is 0 Å². The number of benzene rings is 1. The number of hydrogen-bond acceptors (Lipinski definition) is 2. The number of carbonyl (C=O) groups excluding carboxylic acids is 1. The summed E-state index contributed by atoms with van der Waals surface area (Å²) in [6.45, 7) is 2.22. The average molecular weight is 269 g/mol. The summed E-state index contributed by atoms with van der Waals surface area (Å²) in [6.07, 6.45) is 0.541. The average Bonchev–Trinajstić information content (AvgIpc) is 3.18. The Kier molecular flexibility index (Phi) is 4.14. The molecule has 1 aliphatic rings. The number of carbonyl (C=O) groups is 1. The van der Waals surface area contributed by atoms with Gasteiger partial charge in [0.25, 0.3) is 0 Å². The van der Waals surface area contributed by atoms with Crippen molar-refractivity contribution in [1.29, 1.82) is 0 Å². The lowest BCUT2D eigenvalue weighted by atomic mass is 10.1. The molecule has 0 radical (unpaired) electrons. The third kappa shape index (κ3) is 3.29. The summed E-state index contributed by atoms with van der Waals surface area (Å²) >= 11 is 0. The lowest BCUT2D eigenvalue weighted by molar-refractivity contribution is -0.122. The first-order valence-electron chi connectivity index (χ1n) is 6.36. The topological polar surface area (TPSA) is 49.3 Å². The molecule has 1 aromatic rings. The van der Waals surface area contributed by atoms with Crippen LogP contribution in [-0.4, -0.2) is 24.2 Å². The van der Waals surface area contributed by atoms with Gasteiger partial charge in [0.2, 0.25) is 5.91 Å². The monoisotopic (exact) mass is 269 g/mol. The van der Waals surface area contributed by atoms with Gasteiger partial charge in [0.05, 0.1) is 0 Å². The summed E-state index contributed by atoms with van der Waals surface area (Å²) in [5.74, 6) is -1.65. The molecule has 0 saturated heterocycles. The standard InChI is InChI=1S/C14H17F2NO2/c1-8(7-18)6-17-14(19)12-5-10(12)11-4-9(15)2-3-13(11)16/h2-4,8,10,12,18H,5-7H2,1H3,(H,17,19). The number of rotatable bonds is 5. The summed E-state index contributed by atoms with van der Waals surface area (Å²) < 4.78 is 26.6. The normalized spacial score (nSPS) is 22.9. The second-order valence-corrected chi connectivity index (χ2v) is 5.15. The lowest BCUT2D eigenvalue weighted by Gasteiger charge is -2.09. The number of nitrogens with one attached hydrogen (secondary N) is 1. The van der Waals surface area contributed by atoms with Gasteiger partial charge in [-0.1, -0.05) is 6.92 Å². The van der Waals surface area contributed by atoms with Gasteiger partial charge in [-0.15, -0.1) is 0 Å². The van der Waals surface area contributed by atoms with Crippen LogP contribution in [0, 0.1) is 23.5 Å². The van der Waals surface area contributed by atoms with E-state index in [0.717, 1.165) is 18.2 Å². The van der Waals surface area contributed by atoms with Crippen molar-refractivity contribution in [2.75, 3.05) is 13.2 Å². The molecule has 0 heterocycles. The Morgan fingerprint density at radius 2 is 2.26 bits per heavy atom. The molecule has 0 spiro atoms. The Morgan fingerprint density at radius 3 is 2.95 bits per heavy atom. The van der Waals surface area contributed by atoms with E-state index >= 15 is 0 Å². The van der Waals surface area contributed by atoms with Crippen molar-refractivity contribution < 1.29 is 18.7 Å². The highest BCUT2D eigenvalue weighted by molar-refractivity contribution is 5.82. The first-order chi connectivity index (χ1) is 9.02. The maximum absolute atomic E-state index is 13.5. The molecular weight excluding hydrogens is 252 g/mol. The van der Waals surface area contributed by atoms with Crippen molar-refractivity contribution in [1.82, 2.24) is 5.32 Å². The van der Waals surface area contributed by atoms with E-state index < -0.39 is 11.6 Å². The Morgan fingerprint density at radius 1 is 1.53 bits per heavy atom. The molecule has 1 saturated carbocycles. The van der Waals surface area contributed by atoms with Crippen LogP contribution in [0.5, 0.6) is 0 Å². The van der Waals surface area contributed by atoms with Crippen LogP contribution < -0.4 is 5.32 Å². The number of halogens is 2. The molecule has 1 amide bonds. The summed E-state index contributed by atoms with van der Waals surface area (Å²) in [7, 11) is 0. The van der Waals surface area contributed by atoms with Crippen molar-refractivity contribution in [3.8, 4) is 0 Å². The molecular formula is C14H17F2NO2. The SMILES string of the molecule is CC(CO)CNC(=O)C1CC1c1cc(F)ccc1F. The van der Waals surface area contributed by atoms with Crippen molar-refractivity contribution in [2.45, 2.75) is 19.3 Å². The zero-order valence-electron chi connectivity index (χ0n) is 10.7. The lowest BCUT2D eigenvalue weighted by Crippen LogP contribution is -2.31. The van der Waals surface area contributed by atoms with E-state index in [1.54, 1.807) is 0 Å². The molecule has 2 rings (SSSR count). The molecule has 19 heavy (non-hydrogen) atoms. The van der Waals surface area contributed by atoms with Crippen LogP contribution >= 0.6 is 0 Å². The van der Waals surface area contributed by atoms with Crippen LogP contribution in [0.1, 0.15) is 24.8 Å². The van der Waals surface area contributed by atoms with Crippen molar-refractivity contribution in [3.05, 3.63) is 35.4 Å². The van der Waals surface area contributed by atoms with E-state index in [1.807, 2.05) is 6.92 Å². The van der Waals surface area contributed by atoms with Crippen LogP contribution in [-0.2, 0) is 4.79 Å². The Bertz CT molecular complexity index is 479. The van der Waals surface area contributed by atoms with Gasteiger partial charge in [-0.2, -0.15) is 0 Å². The van der Waals surface area contributed by atoms with Crippen LogP contribution in [0.3, 0.4) is 0 Å². The highest BCUT2D eigenvalue weighted by Crippen LogP contribution is 2.48. The minimum absolute atomic E-state index is 0.00685. The Balaban J connectivity index is 1.93. The molecule has 2 N–H and O–H groups in total. The van der Waals surface area contributed by atoms with Gasteiger partial charge in [-0.05, 0) is 42.0 Å². The molecule has 5 heteroatoms. The molecule has 104 valence electrons. The van der Waals surface area contributed by atoms with Crippen LogP contribution in [0.15, 0.2) is 18.2 Å². The largest absolute Gasteiger partial charge is 0.396 e. The Hall–Kier alpha value is -1.49. The number of aliphatic hydroxyl groups is 1. The second-order valence-electron chi connectivity index (χ2n) is 5.15. The van der Waals surface area contributed by atoms with Crippen LogP contribution in [0.4, 0.5) is 8.78 Å². The maximum atomic E-state index is 13.5. The fourth-order valence-corrected chi connectivity index (χ4v) is 2.10. The third-order valence-electron chi connectivity index (χ3n) is 3.42. The van der Waals surface area contributed by atoms with E-state index in [1.165, 1.54) is 0 Å². The molecule has 1 fully saturated rings. The summed E-state index contributed by atoms with van der Waals surface area (Å²) in [5.41, 5.74) is 0.273. The van der Waals surface area contributed by atoms with Gasteiger partial charge in [0.1, 0.15) is 11.6 Å². The minimum Gasteiger partial charge on any atom is -0.396 e. The van der Waals surface area contributed by atoms with E-state index in [-0.39, 0.29) is 35.8 Å². The molecule has 3 atom stereocenters. The zero-order valence-corrected chi connectivity index (χ0v) is 10.7. The smallest absolute Gasteiger partial charge is 0.223 e. The van der Waals surface area contributed by atoms with Crippen molar-refractivity contribution in [2.24, 2.45) is 11.8 Å². The zero-order chi connectivity index (χ0) is 14.0. The van der Waals surface area contributed by atoms with Crippen LogP contribution in [0.25, 0.3) is 0 Å². The summed E-state index contributed by atoms with van der Waals surface area (Å²) in [6, 6.07) is 3.31. The predicted molar refractivity (Wildman–Crippen MR) is 66.5 cm³/mol. The molecule has 0 aliphatic heterocycles. The Labute approximate surface area is 110 Å². The fraction of sp³-hybridized carbons (Fsp3) is 0.500. The third-order valence-corrected chi connectivity index (χ3v) is 3.42. The second kappa shape index (κ2) is 5.65. The minimum atomic E-state index is -0.489. The molecule has 1 aromatic carbocycles.